The molecule has 0 spiro atoms. The van der Waals surface area contributed by atoms with E-state index < -0.39 is 18.5 Å². The topological polar surface area (TPSA) is 110 Å². The Labute approximate surface area is 171 Å². The first kappa shape index (κ1) is 20.2. The van der Waals surface area contributed by atoms with Crippen LogP contribution in [0.3, 0.4) is 0 Å². The summed E-state index contributed by atoms with van der Waals surface area (Å²) in [5.41, 5.74) is 1.57. The predicted molar refractivity (Wildman–Crippen MR) is 110 cm³/mol. The fourth-order valence-corrected chi connectivity index (χ4v) is 3.01. The monoisotopic (exact) mass is 415 g/mol. The summed E-state index contributed by atoms with van der Waals surface area (Å²) in [6.45, 7) is 0.842. The fraction of sp³-hybridized carbons (Fsp3) is 0.150. The Balaban J connectivity index is 1.67. The van der Waals surface area contributed by atoms with Crippen LogP contribution in [0.4, 0.5) is 11.4 Å². The van der Waals surface area contributed by atoms with Crippen molar-refractivity contribution in [2.75, 3.05) is 24.4 Å². The summed E-state index contributed by atoms with van der Waals surface area (Å²) >= 11 is 6.21. The smallest absolute Gasteiger partial charge is 0.356 e. The number of anilines is 2. The van der Waals surface area contributed by atoms with Crippen LogP contribution < -0.4 is 15.4 Å². The molecule has 0 atom stereocenters. The van der Waals surface area contributed by atoms with E-state index in [4.69, 9.17) is 21.1 Å². The van der Waals surface area contributed by atoms with Crippen LogP contribution in [-0.2, 0) is 14.3 Å². The summed E-state index contributed by atoms with van der Waals surface area (Å²) in [4.78, 5) is 38.6. The quantitative estimate of drug-likeness (QED) is 0.533. The second-order valence-electron chi connectivity index (χ2n) is 6.08. The van der Waals surface area contributed by atoms with Gasteiger partial charge in [-0.3, -0.25) is 9.59 Å². The molecular weight excluding hydrogens is 398 g/mol. The van der Waals surface area contributed by atoms with Crippen molar-refractivity contribution in [2.45, 2.75) is 6.92 Å². The number of hydrogen-bond acceptors (Lipinski definition) is 5. The highest BCUT2D eigenvalue weighted by Crippen LogP contribution is 2.29. The first-order valence-corrected chi connectivity index (χ1v) is 8.95. The zero-order valence-corrected chi connectivity index (χ0v) is 16.4. The Morgan fingerprint density at radius 1 is 1.10 bits per heavy atom. The minimum Gasteiger partial charge on any atom is -0.495 e. The van der Waals surface area contributed by atoms with Gasteiger partial charge in [0, 0.05) is 23.5 Å². The molecule has 0 unspecified atom stereocenters. The number of hydrogen-bond donors (Lipinski definition) is 3. The van der Waals surface area contributed by atoms with Gasteiger partial charge in [0.2, 0.25) is 5.91 Å². The molecule has 0 aliphatic carbocycles. The van der Waals surface area contributed by atoms with E-state index in [9.17, 15) is 14.4 Å². The highest BCUT2D eigenvalue weighted by molar-refractivity contribution is 6.38. The molecule has 0 fully saturated rings. The SMILES string of the molecule is COc1ccc(NC(C)=O)cc1NC(=O)COC(=O)c1[nH]c2ccccc2c1Cl. The van der Waals surface area contributed by atoms with Crippen LogP contribution >= 0.6 is 11.6 Å². The molecule has 29 heavy (non-hydrogen) atoms. The minimum absolute atomic E-state index is 0.0749. The highest BCUT2D eigenvalue weighted by atomic mass is 35.5. The molecule has 1 aromatic heterocycles. The number of nitrogens with one attached hydrogen (secondary N) is 3. The summed E-state index contributed by atoms with van der Waals surface area (Å²) in [5.74, 6) is -1.20. The van der Waals surface area contributed by atoms with Crippen LogP contribution in [0, 0.1) is 0 Å². The van der Waals surface area contributed by atoms with Crippen molar-refractivity contribution in [3.63, 3.8) is 0 Å². The number of halogens is 1. The summed E-state index contributed by atoms with van der Waals surface area (Å²) < 4.78 is 10.3. The Morgan fingerprint density at radius 2 is 1.86 bits per heavy atom. The number of esters is 1. The number of aromatic nitrogens is 1. The lowest BCUT2D eigenvalue weighted by Gasteiger charge is -2.12. The molecule has 8 nitrogen and oxygen atoms in total. The number of carbonyl (C=O) groups excluding carboxylic acids is 3. The van der Waals surface area contributed by atoms with Crippen molar-refractivity contribution in [2.24, 2.45) is 0 Å². The largest absolute Gasteiger partial charge is 0.495 e. The van der Waals surface area contributed by atoms with Gasteiger partial charge in [-0.05, 0) is 24.3 Å². The van der Waals surface area contributed by atoms with Crippen molar-refractivity contribution in [3.05, 3.63) is 53.2 Å². The standard InChI is InChI=1S/C20H18ClN3O5/c1-11(25)22-12-7-8-16(28-2)15(9-12)23-17(26)10-29-20(27)19-18(21)13-5-3-4-6-14(13)24-19/h3-9,24H,10H2,1-2H3,(H,22,25)(H,23,26). The normalized spacial score (nSPS) is 10.4. The molecule has 9 heteroatoms. The molecule has 3 aromatic rings. The van der Waals surface area contributed by atoms with Crippen molar-refractivity contribution in [1.82, 2.24) is 4.98 Å². The Bertz CT molecular complexity index is 1090. The van der Waals surface area contributed by atoms with Gasteiger partial charge in [0.1, 0.15) is 11.4 Å². The van der Waals surface area contributed by atoms with Crippen LogP contribution in [-0.4, -0.2) is 36.5 Å². The maximum atomic E-state index is 12.3. The third-order valence-electron chi connectivity index (χ3n) is 3.98. The third kappa shape index (κ3) is 4.67. The second-order valence-corrected chi connectivity index (χ2v) is 6.46. The molecule has 0 radical (unpaired) electrons. The van der Waals surface area contributed by atoms with Crippen LogP contribution in [0.5, 0.6) is 5.75 Å². The van der Waals surface area contributed by atoms with Gasteiger partial charge in [0.15, 0.2) is 6.61 Å². The number of para-hydroxylation sites is 1. The lowest BCUT2D eigenvalue weighted by Crippen LogP contribution is -2.21. The van der Waals surface area contributed by atoms with E-state index in [2.05, 4.69) is 15.6 Å². The molecule has 3 rings (SSSR count). The number of fused-ring (bicyclic) bond motifs is 1. The summed E-state index contributed by atoms with van der Waals surface area (Å²) in [6.07, 6.45) is 0. The van der Waals surface area contributed by atoms with Crippen LogP contribution in [0.25, 0.3) is 10.9 Å². The highest BCUT2D eigenvalue weighted by Gasteiger charge is 2.19. The Kier molecular flexibility index (Phi) is 6.04. The first-order valence-electron chi connectivity index (χ1n) is 8.58. The number of benzene rings is 2. The minimum atomic E-state index is -0.750. The van der Waals surface area contributed by atoms with Crippen molar-refractivity contribution < 1.29 is 23.9 Å². The van der Waals surface area contributed by atoms with E-state index in [1.54, 1.807) is 36.4 Å². The van der Waals surface area contributed by atoms with E-state index in [-0.39, 0.29) is 16.6 Å². The fourth-order valence-electron chi connectivity index (χ4n) is 2.72. The zero-order valence-electron chi connectivity index (χ0n) is 15.7. The van der Waals surface area contributed by atoms with Crippen LogP contribution in [0.2, 0.25) is 5.02 Å². The molecule has 1 heterocycles. The number of carbonyl (C=O) groups is 3. The lowest BCUT2D eigenvalue weighted by atomic mass is 10.2. The lowest BCUT2D eigenvalue weighted by molar-refractivity contribution is -0.119. The number of ether oxygens (including phenoxy) is 2. The number of amides is 2. The number of rotatable bonds is 6. The molecular formula is C20H18ClN3O5. The van der Waals surface area contributed by atoms with E-state index in [1.165, 1.54) is 20.1 Å². The van der Waals surface area contributed by atoms with Crippen molar-refractivity contribution in [3.8, 4) is 5.75 Å². The summed E-state index contributed by atoms with van der Waals surface area (Å²) in [7, 11) is 1.45. The van der Waals surface area contributed by atoms with Gasteiger partial charge in [-0.1, -0.05) is 29.8 Å². The maximum absolute atomic E-state index is 12.3. The molecule has 0 saturated heterocycles. The Morgan fingerprint density at radius 3 is 2.55 bits per heavy atom. The third-order valence-corrected chi connectivity index (χ3v) is 4.37. The number of aromatic amines is 1. The van der Waals surface area contributed by atoms with Crippen molar-refractivity contribution >= 4 is 51.7 Å². The van der Waals surface area contributed by atoms with Crippen molar-refractivity contribution in [1.29, 1.82) is 0 Å². The molecule has 0 aliphatic rings. The molecule has 2 amide bonds. The van der Waals surface area contributed by atoms with Crippen LogP contribution in [0.1, 0.15) is 17.4 Å². The number of H-pyrrole nitrogens is 1. The van der Waals surface area contributed by atoms with Gasteiger partial charge in [-0.25, -0.2) is 4.79 Å². The zero-order chi connectivity index (χ0) is 21.0. The Hall–Kier alpha value is -3.52. The average Bonchev–Trinajstić information content (AvgIpc) is 3.03. The molecule has 0 saturated carbocycles. The predicted octanol–water partition coefficient (Wildman–Crippen LogP) is 3.58. The van der Waals surface area contributed by atoms with E-state index in [0.717, 1.165) is 0 Å². The van der Waals surface area contributed by atoms with Gasteiger partial charge >= 0.3 is 5.97 Å². The van der Waals surface area contributed by atoms with Crippen LogP contribution in [0.15, 0.2) is 42.5 Å². The maximum Gasteiger partial charge on any atom is 0.356 e. The first-order chi connectivity index (χ1) is 13.9. The van der Waals surface area contributed by atoms with Gasteiger partial charge < -0.3 is 25.1 Å². The summed E-state index contributed by atoms with van der Waals surface area (Å²) in [5, 5.41) is 6.12. The molecule has 150 valence electrons. The average molecular weight is 416 g/mol. The van der Waals surface area contributed by atoms with E-state index >= 15 is 0 Å². The second kappa shape index (κ2) is 8.66. The molecule has 0 aliphatic heterocycles. The van der Waals surface area contributed by atoms with Gasteiger partial charge in [0.05, 0.1) is 17.8 Å². The van der Waals surface area contributed by atoms with Gasteiger partial charge in [-0.2, -0.15) is 0 Å². The van der Waals surface area contributed by atoms with E-state index in [0.29, 0.717) is 28.0 Å². The van der Waals surface area contributed by atoms with Gasteiger partial charge in [-0.15, -0.1) is 0 Å². The number of methoxy groups -OCH3 is 1. The van der Waals surface area contributed by atoms with E-state index in [1.807, 2.05) is 0 Å². The van der Waals surface area contributed by atoms with Gasteiger partial charge in [0.25, 0.3) is 5.91 Å². The molecule has 0 bridgehead atoms. The molecule has 2 aromatic carbocycles. The summed E-state index contributed by atoms with van der Waals surface area (Å²) in [6, 6.07) is 11.9. The molecule has 3 N–H and O–H groups in total.